The monoisotopic (exact) mass is 346 g/mol. The average molecular weight is 347 g/mol. The molecule has 0 spiro atoms. The molecule has 6 N–H and O–H groups in total. The molecule has 0 aliphatic heterocycles. The smallest absolute Gasteiger partial charge is 0.342 e. The Morgan fingerprint density at radius 2 is 1.82 bits per heavy atom. The van der Waals surface area contributed by atoms with Gasteiger partial charge in [-0.15, -0.1) is 4.98 Å². The van der Waals surface area contributed by atoms with Crippen molar-refractivity contribution in [3.63, 3.8) is 0 Å². The first-order valence-corrected chi connectivity index (χ1v) is 7.77. The number of nitrogen functional groups attached to an aromatic ring is 2. The molecule has 0 atom stereocenters. The molecule has 10 heteroatoms. The van der Waals surface area contributed by atoms with E-state index in [-0.39, 0.29) is 0 Å². The minimum absolute atomic E-state index is 0.331. The number of nitrogens with zero attached hydrogens (tertiary/aromatic N) is 1. The van der Waals surface area contributed by atoms with Crippen LogP contribution in [0.15, 0.2) is 24.3 Å². The third-order valence-electron chi connectivity index (χ3n) is 2.54. The fourth-order valence-corrected chi connectivity index (χ4v) is 1.91. The number of aromatic nitrogens is 2. The zero-order chi connectivity index (χ0) is 16.9. The summed E-state index contributed by atoms with van der Waals surface area (Å²) < 4.78 is 32.8. The van der Waals surface area contributed by atoms with Gasteiger partial charge < -0.3 is 16.0 Å². The van der Waals surface area contributed by atoms with Crippen LogP contribution in [-0.4, -0.2) is 22.5 Å². The van der Waals surface area contributed by atoms with Gasteiger partial charge in [-0.25, -0.2) is 13.4 Å². The molecule has 8 nitrogen and oxygen atoms in total. The van der Waals surface area contributed by atoms with Crippen LogP contribution in [-0.2, 0) is 16.8 Å². The van der Waals surface area contributed by atoms with E-state index in [1.807, 2.05) is 31.2 Å². The number of H-pyrrole nitrogens is 1. The summed E-state index contributed by atoms with van der Waals surface area (Å²) in [6.07, 6.45) is 0.765. The first-order valence-electron chi connectivity index (χ1n) is 6.03. The van der Waals surface area contributed by atoms with Crippen molar-refractivity contribution in [2.24, 2.45) is 0 Å². The normalized spacial score (nSPS) is 10.7. The van der Waals surface area contributed by atoms with Gasteiger partial charge in [-0.2, -0.15) is 0 Å². The van der Waals surface area contributed by atoms with Gasteiger partial charge >= 0.3 is 5.95 Å². The number of rotatable bonds is 2. The van der Waals surface area contributed by atoms with Gasteiger partial charge in [0.15, 0.2) is 0 Å². The van der Waals surface area contributed by atoms with Crippen molar-refractivity contribution in [3.05, 3.63) is 35.0 Å². The van der Waals surface area contributed by atoms with E-state index in [4.69, 9.17) is 40.6 Å². The largest absolute Gasteiger partial charge is 0.726 e. The highest BCUT2D eigenvalue weighted by atomic mass is 35.5. The van der Waals surface area contributed by atoms with Gasteiger partial charge in [0.1, 0.15) is 5.69 Å². The molecular formula is C12H15ClN4O4S. The number of hydrogen-bond donors (Lipinski definition) is 3. The molecule has 1 aromatic carbocycles. The number of anilines is 2. The molecule has 0 unspecified atom stereocenters. The number of aryl methyl sites for hydroxylation is 1. The second-order valence-corrected chi connectivity index (χ2v) is 5.44. The van der Waals surface area contributed by atoms with Crippen LogP contribution in [0.4, 0.5) is 11.8 Å². The Balaban J connectivity index is 0.000000422. The van der Waals surface area contributed by atoms with Gasteiger partial charge in [-0.3, -0.25) is 4.55 Å². The standard InChI is InChI=1S/C12H13ClN4.H2O4S/c1-2-9-10(11(14)17-12(15)16-9)7-3-5-8(13)6-4-7;1-5(2,3)4/h3-6H,2H2,1H3,(H4,14,15,16,17);(H2,1,2,3,4). The van der Waals surface area contributed by atoms with Crippen molar-refractivity contribution in [1.29, 1.82) is 0 Å². The van der Waals surface area contributed by atoms with Gasteiger partial charge in [0.05, 0.1) is 5.56 Å². The molecule has 120 valence electrons. The Bertz CT molecular complexity index is 742. The van der Waals surface area contributed by atoms with Crippen LogP contribution >= 0.6 is 11.6 Å². The van der Waals surface area contributed by atoms with Crippen LogP contribution in [0, 0.1) is 0 Å². The topological polar surface area (TPSA) is 156 Å². The summed E-state index contributed by atoms with van der Waals surface area (Å²) in [6.45, 7) is 2.01. The zero-order valence-electron chi connectivity index (χ0n) is 11.6. The molecule has 0 radical (unpaired) electrons. The lowest BCUT2D eigenvalue weighted by Crippen LogP contribution is -2.20. The summed E-state index contributed by atoms with van der Waals surface area (Å²) in [7, 11) is -4.92. The van der Waals surface area contributed by atoms with E-state index >= 15 is 0 Å². The van der Waals surface area contributed by atoms with Crippen molar-refractivity contribution in [2.45, 2.75) is 13.3 Å². The van der Waals surface area contributed by atoms with Gasteiger partial charge in [0.25, 0.3) is 0 Å². The lowest BCUT2D eigenvalue weighted by Gasteiger charge is -2.07. The molecule has 2 rings (SSSR count). The molecule has 1 heterocycles. The van der Waals surface area contributed by atoms with Crippen LogP contribution < -0.4 is 16.5 Å². The van der Waals surface area contributed by atoms with Gasteiger partial charge in [-0.05, 0) is 24.1 Å². The van der Waals surface area contributed by atoms with Gasteiger partial charge in [0, 0.05) is 5.02 Å². The Kier molecular flexibility index (Phi) is 6.06. The fraction of sp³-hybridized carbons (Fsp3) is 0.167. The number of halogens is 1. The molecule has 0 amide bonds. The maximum absolute atomic E-state index is 8.63. The minimum atomic E-state index is -4.92. The average Bonchev–Trinajstić information content (AvgIpc) is 2.37. The van der Waals surface area contributed by atoms with Gasteiger partial charge in [0.2, 0.25) is 16.2 Å². The number of hydrogen-bond acceptors (Lipinski definition) is 6. The summed E-state index contributed by atoms with van der Waals surface area (Å²) >= 11 is 5.86. The van der Waals surface area contributed by atoms with E-state index in [0.717, 1.165) is 23.2 Å². The predicted octanol–water partition coefficient (Wildman–Crippen LogP) is 0.948. The summed E-state index contributed by atoms with van der Waals surface area (Å²) in [4.78, 5) is 7.10. The Labute approximate surface area is 132 Å². The molecule has 22 heavy (non-hydrogen) atoms. The third kappa shape index (κ3) is 5.82. The first kappa shape index (κ1) is 18.1. The third-order valence-corrected chi connectivity index (χ3v) is 2.80. The van der Waals surface area contributed by atoms with Crippen LogP contribution in [0.25, 0.3) is 11.1 Å². The van der Waals surface area contributed by atoms with E-state index in [2.05, 4.69) is 9.97 Å². The number of aromatic amines is 1. The summed E-state index contributed by atoms with van der Waals surface area (Å²) in [6, 6.07) is 7.48. The molecule has 0 aliphatic rings. The van der Waals surface area contributed by atoms with Crippen molar-refractivity contribution >= 4 is 33.8 Å². The Morgan fingerprint density at radius 1 is 1.32 bits per heavy atom. The van der Waals surface area contributed by atoms with Gasteiger partial charge in [-0.1, -0.05) is 30.7 Å². The van der Waals surface area contributed by atoms with Crippen molar-refractivity contribution in [2.75, 3.05) is 11.5 Å². The predicted molar refractivity (Wildman–Crippen MR) is 81.8 cm³/mol. The maximum Gasteiger partial charge on any atom is 0.342 e. The van der Waals surface area contributed by atoms with Crippen LogP contribution in [0.2, 0.25) is 5.02 Å². The fourth-order valence-electron chi connectivity index (χ4n) is 1.78. The summed E-state index contributed by atoms with van der Waals surface area (Å²) in [5, 5.41) is 0.692. The molecule has 1 aromatic heterocycles. The van der Waals surface area contributed by atoms with E-state index in [1.54, 1.807) is 0 Å². The van der Waals surface area contributed by atoms with E-state index in [1.165, 1.54) is 0 Å². The Hall–Kier alpha value is -1.94. The second-order valence-electron chi connectivity index (χ2n) is 4.15. The summed E-state index contributed by atoms with van der Waals surface area (Å²) in [5.74, 6) is 0.855. The number of nitrogens with two attached hydrogens (primary N) is 2. The molecule has 0 bridgehead atoms. The van der Waals surface area contributed by atoms with E-state index in [0.29, 0.717) is 16.8 Å². The quantitative estimate of drug-likeness (QED) is 0.539. The molecular weight excluding hydrogens is 332 g/mol. The SMILES string of the molecule is CCc1nc(N)[nH+]c(N)c1-c1ccc(Cl)cc1.O=S(=O)([O-])O. The Morgan fingerprint density at radius 3 is 2.27 bits per heavy atom. The number of benzene rings is 1. The molecule has 0 fully saturated rings. The first-order chi connectivity index (χ1) is 10.1. The maximum atomic E-state index is 8.63. The highest BCUT2D eigenvalue weighted by molar-refractivity contribution is 7.79. The highest BCUT2D eigenvalue weighted by Gasteiger charge is 2.15. The van der Waals surface area contributed by atoms with E-state index in [9.17, 15) is 0 Å². The highest BCUT2D eigenvalue weighted by Crippen LogP contribution is 2.27. The van der Waals surface area contributed by atoms with Crippen molar-refractivity contribution < 1.29 is 22.5 Å². The van der Waals surface area contributed by atoms with E-state index < -0.39 is 10.4 Å². The second kappa shape index (κ2) is 7.36. The summed E-state index contributed by atoms with van der Waals surface area (Å²) in [5.41, 5.74) is 14.3. The number of nitrogens with one attached hydrogen (secondary N) is 1. The van der Waals surface area contributed by atoms with Crippen LogP contribution in [0.1, 0.15) is 12.6 Å². The molecule has 2 aromatic rings. The minimum Gasteiger partial charge on any atom is -0.726 e. The zero-order valence-corrected chi connectivity index (χ0v) is 13.1. The van der Waals surface area contributed by atoms with Crippen LogP contribution in [0.5, 0.6) is 0 Å². The lowest BCUT2D eigenvalue weighted by atomic mass is 10.0. The molecule has 0 saturated carbocycles. The van der Waals surface area contributed by atoms with Crippen molar-refractivity contribution in [3.8, 4) is 11.1 Å². The van der Waals surface area contributed by atoms with Crippen LogP contribution in [0.3, 0.4) is 0 Å². The molecule has 0 saturated heterocycles. The van der Waals surface area contributed by atoms with Crippen molar-refractivity contribution in [1.82, 2.24) is 4.98 Å². The molecule has 0 aliphatic carbocycles. The lowest BCUT2D eigenvalue weighted by molar-refractivity contribution is -0.346.